The van der Waals surface area contributed by atoms with Gasteiger partial charge in [-0.1, -0.05) is 0 Å². The van der Waals surface area contributed by atoms with Gasteiger partial charge < -0.3 is 29.7 Å². The highest BCUT2D eigenvalue weighted by atomic mass is 19.1. The topological polar surface area (TPSA) is 122 Å². The predicted octanol–water partition coefficient (Wildman–Crippen LogP) is 3.26. The average Bonchev–Trinajstić information content (AvgIpc) is 3.46. The van der Waals surface area contributed by atoms with E-state index in [1.165, 1.54) is 19.4 Å². The van der Waals surface area contributed by atoms with Gasteiger partial charge in [-0.25, -0.2) is 19.2 Å². The van der Waals surface area contributed by atoms with Crippen molar-refractivity contribution in [1.82, 2.24) is 15.3 Å². The summed E-state index contributed by atoms with van der Waals surface area (Å²) in [5.41, 5.74) is 6.39. The van der Waals surface area contributed by atoms with Gasteiger partial charge in [0.2, 0.25) is 11.8 Å². The largest absolute Gasteiger partial charge is 0.493 e. The Balaban J connectivity index is 1.53. The molecule has 3 aromatic rings. The lowest BCUT2D eigenvalue weighted by molar-refractivity contribution is 0.231. The van der Waals surface area contributed by atoms with Crippen LogP contribution in [0.2, 0.25) is 0 Å². The predicted molar refractivity (Wildman–Crippen MR) is 110 cm³/mol. The van der Waals surface area contributed by atoms with E-state index in [1.54, 1.807) is 19.1 Å². The Morgan fingerprint density at radius 2 is 2.16 bits per heavy atom. The molecule has 1 aliphatic carbocycles. The third-order valence-corrected chi connectivity index (χ3v) is 4.76. The van der Waals surface area contributed by atoms with Crippen molar-refractivity contribution in [3.05, 3.63) is 30.2 Å². The number of amides is 2. The van der Waals surface area contributed by atoms with Crippen LogP contribution in [0.1, 0.15) is 19.8 Å². The number of hydrogen-bond donors (Lipinski definition) is 2. The van der Waals surface area contributed by atoms with Crippen molar-refractivity contribution in [3.8, 4) is 28.8 Å². The summed E-state index contributed by atoms with van der Waals surface area (Å²) < 4.78 is 36.9. The zero-order chi connectivity index (χ0) is 22.0. The molecule has 0 spiro atoms. The van der Waals surface area contributed by atoms with E-state index in [0.717, 1.165) is 12.8 Å². The molecule has 2 amide bonds. The van der Waals surface area contributed by atoms with Crippen LogP contribution >= 0.6 is 0 Å². The van der Waals surface area contributed by atoms with Crippen molar-refractivity contribution in [2.24, 2.45) is 11.7 Å². The number of ether oxygens (including phenoxy) is 3. The monoisotopic (exact) mass is 430 g/mol. The van der Waals surface area contributed by atoms with Gasteiger partial charge in [-0.3, -0.25) is 0 Å². The van der Waals surface area contributed by atoms with Gasteiger partial charge in [0.05, 0.1) is 26.0 Å². The van der Waals surface area contributed by atoms with E-state index in [0.29, 0.717) is 35.1 Å². The fourth-order valence-electron chi connectivity index (χ4n) is 2.98. The molecule has 9 nitrogen and oxygen atoms in total. The van der Waals surface area contributed by atoms with Crippen LogP contribution in [0.15, 0.2) is 28.8 Å². The Labute approximate surface area is 177 Å². The second kappa shape index (κ2) is 8.66. The number of halogens is 1. The van der Waals surface area contributed by atoms with Gasteiger partial charge in [-0.2, -0.15) is 0 Å². The van der Waals surface area contributed by atoms with Crippen molar-refractivity contribution in [2.45, 2.75) is 25.8 Å². The molecule has 1 atom stereocenters. The average molecular weight is 430 g/mol. The Hall–Kier alpha value is -3.56. The van der Waals surface area contributed by atoms with Crippen LogP contribution in [0, 0.1) is 11.7 Å². The van der Waals surface area contributed by atoms with Gasteiger partial charge >= 0.3 is 6.03 Å². The maximum Gasteiger partial charge on any atom is 0.312 e. The number of benzene rings is 1. The SMILES string of the molecule is COc1cc(-c2nc3cnc(OC[C@H](C)NC(N)=O)cc3o2)cc(F)c1OCC1CC1. The quantitative estimate of drug-likeness (QED) is 0.534. The maximum absolute atomic E-state index is 14.7. The van der Waals surface area contributed by atoms with Crippen molar-refractivity contribution >= 4 is 17.1 Å². The molecule has 10 heteroatoms. The second-order valence-corrected chi connectivity index (χ2v) is 7.47. The third-order valence-electron chi connectivity index (χ3n) is 4.76. The minimum atomic E-state index is -0.633. The molecule has 2 heterocycles. The number of nitrogens with zero attached hydrogens (tertiary/aromatic N) is 2. The number of fused-ring (bicyclic) bond motifs is 1. The van der Waals surface area contributed by atoms with Crippen molar-refractivity contribution in [3.63, 3.8) is 0 Å². The van der Waals surface area contributed by atoms with Crippen LogP contribution < -0.4 is 25.3 Å². The fraction of sp³-hybridized carbons (Fsp3) is 0.381. The van der Waals surface area contributed by atoms with Gasteiger partial charge in [0.1, 0.15) is 12.1 Å². The Morgan fingerprint density at radius 1 is 1.35 bits per heavy atom. The summed E-state index contributed by atoms with van der Waals surface area (Å²) in [4.78, 5) is 19.4. The number of pyridine rings is 1. The number of aromatic nitrogens is 2. The first kappa shape index (κ1) is 20.7. The Kier molecular flexibility index (Phi) is 5.79. The molecule has 0 aliphatic heterocycles. The molecule has 4 rings (SSSR count). The molecule has 164 valence electrons. The van der Waals surface area contributed by atoms with Crippen LogP contribution in [-0.4, -0.2) is 42.4 Å². The summed E-state index contributed by atoms with van der Waals surface area (Å²) in [5.74, 6) is 0.806. The number of nitrogens with one attached hydrogen (secondary N) is 1. The lowest BCUT2D eigenvalue weighted by Crippen LogP contribution is -2.40. The first-order chi connectivity index (χ1) is 14.9. The summed E-state index contributed by atoms with van der Waals surface area (Å²) in [5, 5.41) is 2.51. The number of rotatable bonds is 9. The summed E-state index contributed by atoms with van der Waals surface area (Å²) in [6.07, 6.45) is 3.70. The summed E-state index contributed by atoms with van der Waals surface area (Å²) in [6, 6.07) is 3.57. The number of nitrogens with two attached hydrogens (primary N) is 1. The maximum atomic E-state index is 14.7. The van der Waals surface area contributed by atoms with Crippen LogP contribution in [0.3, 0.4) is 0 Å². The van der Waals surface area contributed by atoms with E-state index in [-0.39, 0.29) is 30.0 Å². The molecule has 1 aliphatic rings. The summed E-state index contributed by atoms with van der Waals surface area (Å²) in [6.45, 7) is 2.39. The van der Waals surface area contributed by atoms with Gasteiger partial charge in [0, 0.05) is 11.6 Å². The standard InChI is InChI=1S/C21H23FN4O5/c1-11(25-21(23)27)9-29-18-7-16-15(8-24-18)26-20(31-16)13-5-14(22)19(17(6-13)28-2)30-10-12-3-4-12/h5-8,11-12H,3-4,9-10H2,1-2H3,(H3,23,25,27)/t11-/m0/s1. The van der Waals surface area contributed by atoms with Crippen molar-refractivity contribution in [2.75, 3.05) is 20.3 Å². The first-order valence-electron chi connectivity index (χ1n) is 9.89. The van der Waals surface area contributed by atoms with E-state index in [2.05, 4.69) is 15.3 Å². The zero-order valence-corrected chi connectivity index (χ0v) is 17.2. The van der Waals surface area contributed by atoms with Gasteiger partial charge in [0.15, 0.2) is 22.9 Å². The molecule has 0 radical (unpaired) electrons. The van der Waals surface area contributed by atoms with Gasteiger partial charge in [-0.15, -0.1) is 0 Å². The number of methoxy groups -OCH3 is 1. The molecule has 3 N–H and O–H groups in total. The molecule has 0 unspecified atom stereocenters. The Morgan fingerprint density at radius 3 is 2.87 bits per heavy atom. The highest BCUT2D eigenvalue weighted by Gasteiger charge is 2.24. The second-order valence-electron chi connectivity index (χ2n) is 7.47. The lowest BCUT2D eigenvalue weighted by Gasteiger charge is -2.12. The summed E-state index contributed by atoms with van der Waals surface area (Å²) in [7, 11) is 1.45. The zero-order valence-electron chi connectivity index (χ0n) is 17.2. The molecular weight excluding hydrogens is 407 g/mol. The van der Waals surface area contributed by atoms with E-state index in [4.69, 9.17) is 24.4 Å². The molecule has 0 bridgehead atoms. The minimum Gasteiger partial charge on any atom is -0.493 e. The molecule has 1 fully saturated rings. The van der Waals surface area contributed by atoms with E-state index < -0.39 is 11.8 Å². The smallest absolute Gasteiger partial charge is 0.312 e. The molecule has 31 heavy (non-hydrogen) atoms. The summed E-state index contributed by atoms with van der Waals surface area (Å²) >= 11 is 0. The first-order valence-corrected chi connectivity index (χ1v) is 9.89. The number of carbonyl (C=O) groups is 1. The van der Waals surface area contributed by atoms with E-state index in [1.807, 2.05) is 0 Å². The van der Waals surface area contributed by atoms with Gasteiger partial charge in [-0.05, 0) is 37.8 Å². The molecule has 2 aromatic heterocycles. The molecule has 1 aromatic carbocycles. The number of carbonyl (C=O) groups excluding carboxylic acids is 1. The van der Waals surface area contributed by atoms with Gasteiger partial charge in [0.25, 0.3) is 0 Å². The molecular formula is C21H23FN4O5. The third kappa shape index (κ3) is 4.96. The normalized spacial score (nSPS) is 14.3. The number of hydrogen-bond acceptors (Lipinski definition) is 7. The lowest BCUT2D eigenvalue weighted by atomic mass is 10.2. The number of oxazole rings is 1. The van der Waals surface area contributed by atoms with Crippen LogP contribution in [-0.2, 0) is 0 Å². The van der Waals surface area contributed by atoms with Crippen LogP contribution in [0.5, 0.6) is 17.4 Å². The number of primary amides is 1. The van der Waals surface area contributed by atoms with Crippen molar-refractivity contribution in [1.29, 1.82) is 0 Å². The highest BCUT2D eigenvalue weighted by Crippen LogP contribution is 2.38. The fourth-order valence-corrected chi connectivity index (χ4v) is 2.98. The van der Waals surface area contributed by atoms with Crippen molar-refractivity contribution < 1.29 is 27.8 Å². The van der Waals surface area contributed by atoms with E-state index in [9.17, 15) is 9.18 Å². The number of urea groups is 1. The van der Waals surface area contributed by atoms with Crippen LogP contribution in [0.4, 0.5) is 9.18 Å². The highest BCUT2D eigenvalue weighted by molar-refractivity contribution is 5.76. The molecule has 0 saturated heterocycles. The minimum absolute atomic E-state index is 0.0882. The molecule has 1 saturated carbocycles. The Bertz CT molecular complexity index is 1100. The van der Waals surface area contributed by atoms with E-state index >= 15 is 0 Å². The van der Waals surface area contributed by atoms with Crippen LogP contribution in [0.25, 0.3) is 22.6 Å².